The Morgan fingerprint density at radius 3 is 2.32 bits per heavy atom. The van der Waals surface area contributed by atoms with Crippen molar-refractivity contribution in [2.45, 2.75) is 37.8 Å². The number of benzene rings is 3. The highest BCUT2D eigenvalue weighted by Gasteiger charge is 2.32. The summed E-state index contributed by atoms with van der Waals surface area (Å²) in [5, 5.41) is 2.79. The molecule has 3 aromatic carbocycles. The van der Waals surface area contributed by atoms with Crippen LogP contribution in [0.15, 0.2) is 83.8 Å². The molecule has 0 aliphatic heterocycles. The van der Waals surface area contributed by atoms with Crippen LogP contribution in [0.3, 0.4) is 0 Å². The van der Waals surface area contributed by atoms with Gasteiger partial charge in [-0.25, -0.2) is 12.8 Å². The minimum absolute atomic E-state index is 0.0230. The van der Waals surface area contributed by atoms with Crippen molar-refractivity contribution in [3.05, 3.63) is 90.2 Å². The van der Waals surface area contributed by atoms with Gasteiger partial charge in [0.1, 0.15) is 24.2 Å². The molecule has 10 heteroatoms. The van der Waals surface area contributed by atoms with E-state index >= 15 is 0 Å². The molecular formula is C28H32FN3O5S. The maximum Gasteiger partial charge on any atom is 0.264 e. The molecule has 8 nitrogen and oxygen atoms in total. The molecule has 0 aromatic heterocycles. The summed E-state index contributed by atoms with van der Waals surface area (Å²) in [7, 11) is -2.67. The van der Waals surface area contributed by atoms with Crippen molar-refractivity contribution in [2.75, 3.05) is 24.5 Å². The Kier molecular flexibility index (Phi) is 9.84. The highest BCUT2D eigenvalue weighted by Crippen LogP contribution is 2.25. The van der Waals surface area contributed by atoms with Gasteiger partial charge in [-0.3, -0.25) is 13.9 Å². The van der Waals surface area contributed by atoms with Gasteiger partial charge in [0, 0.05) is 13.1 Å². The third kappa shape index (κ3) is 7.10. The number of carbonyl (C=O) groups excluding carboxylic acids is 2. The SMILES string of the molecule is CCCNC(=O)[C@@H](C)N(Cc1cccc(OC)c1)C(=O)CN(c1ccc(F)cc1)S(=O)(=O)c1ccccc1. The second-order valence-corrected chi connectivity index (χ2v) is 10.5. The molecule has 1 atom stereocenters. The van der Waals surface area contributed by atoms with Crippen LogP contribution in [-0.4, -0.2) is 51.4 Å². The fourth-order valence-corrected chi connectivity index (χ4v) is 5.24. The number of nitrogens with zero attached hydrogens (tertiary/aromatic N) is 2. The first-order valence-electron chi connectivity index (χ1n) is 12.2. The Labute approximate surface area is 223 Å². The second kappa shape index (κ2) is 13.0. The zero-order valence-corrected chi connectivity index (χ0v) is 22.4. The Bertz CT molecular complexity index is 1330. The third-order valence-electron chi connectivity index (χ3n) is 5.93. The largest absolute Gasteiger partial charge is 0.497 e. The molecule has 0 aliphatic rings. The second-order valence-electron chi connectivity index (χ2n) is 8.64. The van der Waals surface area contributed by atoms with E-state index in [1.807, 2.05) is 6.92 Å². The number of methoxy groups -OCH3 is 1. The summed E-state index contributed by atoms with van der Waals surface area (Å²) in [6.45, 7) is 3.39. The number of hydrogen-bond acceptors (Lipinski definition) is 5. The molecule has 0 radical (unpaired) electrons. The lowest BCUT2D eigenvalue weighted by atomic mass is 10.1. The van der Waals surface area contributed by atoms with Gasteiger partial charge in [0.25, 0.3) is 10.0 Å². The molecule has 0 aliphatic carbocycles. The van der Waals surface area contributed by atoms with E-state index < -0.39 is 34.3 Å². The molecule has 0 heterocycles. The summed E-state index contributed by atoms with van der Waals surface area (Å²) < 4.78 is 47.1. The molecule has 0 bridgehead atoms. The number of ether oxygens (including phenoxy) is 1. The van der Waals surface area contributed by atoms with Crippen LogP contribution in [-0.2, 0) is 26.2 Å². The van der Waals surface area contributed by atoms with Crippen molar-refractivity contribution in [3.8, 4) is 5.75 Å². The predicted molar refractivity (Wildman–Crippen MR) is 144 cm³/mol. The first kappa shape index (κ1) is 28.6. The van der Waals surface area contributed by atoms with Gasteiger partial charge in [-0.1, -0.05) is 37.3 Å². The minimum Gasteiger partial charge on any atom is -0.497 e. The number of hydrogen-bond donors (Lipinski definition) is 1. The smallest absolute Gasteiger partial charge is 0.264 e. The summed E-state index contributed by atoms with van der Waals surface area (Å²) in [5.74, 6) is -0.922. The lowest BCUT2D eigenvalue weighted by Gasteiger charge is -2.32. The normalized spacial score (nSPS) is 11.9. The van der Waals surface area contributed by atoms with E-state index in [4.69, 9.17) is 4.74 Å². The highest BCUT2D eigenvalue weighted by molar-refractivity contribution is 7.92. The van der Waals surface area contributed by atoms with E-state index in [0.717, 1.165) is 22.9 Å². The molecule has 202 valence electrons. The van der Waals surface area contributed by atoms with Crippen LogP contribution >= 0.6 is 0 Å². The van der Waals surface area contributed by atoms with Crippen molar-refractivity contribution in [3.63, 3.8) is 0 Å². The number of sulfonamides is 1. The topological polar surface area (TPSA) is 96.0 Å². The third-order valence-corrected chi connectivity index (χ3v) is 7.72. The van der Waals surface area contributed by atoms with Crippen molar-refractivity contribution in [1.82, 2.24) is 10.2 Å². The minimum atomic E-state index is -4.20. The standard InChI is InChI=1S/C28H32FN3O5S/c1-4-17-30-28(34)21(2)31(19-22-9-8-10-25(18-22)37-3)27(33)20-32(24-15-13-23(29)14-16-24)38(35,36)26-11-6-5-7-12-26/h5-16,18,21H,4,17,19-20H2,1-3H3,(H,30,34)/t21-/m1/s1. The molecule has 0 fully saturated rings. The molecule has 3 aromatic rings. The number of amides is 2. The summed E-state index contributed by atoms with van der Waals surface area (Å²) in [6.07, 6.45) is 0.718. The summed E-state index contributed by atoms with van der Waals surface area (Å²) >= 11 is 0. The first-order chi connectivity index (χ1) is 18.2. The van der Waals surface area contributed by atoms with Crippen molar-refractivity contribution < 1.29 is 27.1 Å². The Hall–Kier alpha value is -3.92. The van der Waals surface area contributed by atoms with Gasteiger partial charge in [0.05, 0.1) is 17.7 Å². The summed E-state index contributed by atoms with van der Waals surface area (Å²) in [6, 6.07) is 18.7. The number of rotatable bonds is 12. The summed E-state index contributed by atoms with van der Waals surface area (Å²) in [4.78, 5) is 28.0. The van der Waals surface area contributed by atoms with Crippen molar-refractivity contribution in [2.24, 2.45) is 0 Å². The first-order valence-corrected chi connectivity index (χ1v) is 13.6. The van der Waals surface area contributed by atoms with E-state index in [9.17, 15) is 22.4 Å². The van der Waals surface area contributed by atoms with Crippen LogP contribution in [0.2, 0.25) is 0 Å². The molecule has 3 rings (SSSR count). The monoisotopic (exact) mass is 541 g/mol. The number of halogens is 1. The molecule has 0 saturated carbocycles. The van der Waals surface area contributed by atoms with Gasteiger partial charge >= 0.3 is 0 Å². The molecule has 0 saturated heterocycles. The average molecular weight is 542 g/mol. The molecule has 38 heavy (non-hydrogen) atoms. The Morgan fingerprint density at radius 2 is 1.68 bits per heavy atom. The van der Waals surface area contributed by atoms with Crippen LogP contribution < -0.4 is 14.4 Å². The van der Waals surface area contributed by atoms with Crippen LogP contribution in [0.4, 0.5) is 10.1 Å². The van der Waals surface area contributed by atoms with E-state index in [2.05, 4.69) is 5.32 Å². The maximum absolute atomic E-state index is 13.8. The van der Waals surface area contributed by atoms with Crippen molar-refractivity contribution >= 4 is 27.5 Å². The fourth-order valence-electron chi connectivity index (χ4n) is 3.80. The van der Waals surface area contributed by atoms with Crippen LogP contribution in [0.25, 0.3) is 0 Å². The predicted octanol–water partition coefficient (Wildman–Crippen LogP) is 3.97. The lowest BCUT2D eigenvalue weighted by molar-refractivity contribution is -0.139. The van der Waals surface area contributed by atoms with Gasteiger partial charge in [-0.15, -0.1) is 0 Å². The number of nitrogens with one attached hydrogen (secondary N) is 1. The highest BCUT2D eigenvalue weighted by atomic mass is 32.2. The lowest BCUT2D eigenvalue weighted by Crippen LogP contribution is -2.51. The quantitative estimate of drug-likeness (QED) is 0.374. The Morgan fingerprint density at radius 1 is 1.00 bits per heavy atom. The average Bonchev–Trinajstić information content (AvgIpc) is 2.93. The van der Waals surface area contributed by atoms with Crippen LogP contribution in [0.1, 0.15) is 25.8 Å². The maximum atomic E-state index is 13.8. The zero-order chi connectivity index (χ0) is 27.7. The molecule has 1 N–H and O–H groups in total. The molecule has 0 spiro atoms. The van der Waals surface area contributed by atoms with Crippen LogP contribution in [0, 0.1) is 5.82 Å². The van der Waals surface area contributed by atoms with Gasteiger partial charge in [0.15, 0.2) is 0 Å². The van der Waals surface area contributed by atoms with Gasteiger partial charge in [-0.05, 0) is 67.4 Å². The van der Waals surface area contributed by atoms with E-state index in [1.54, 1.807) is 49.4 Å². The molecular weight excluding hydrogens is 509 g/mol. The van der Waals surface area contributed by atoms with Crippen molar-refractivity contribution in [1.29, 1.82) is 0 Å². The van der Waals surface area contributed by atoms with Gasteiger partial charge in [0.2, 0.25) is 11.8 Å². The van der Waals surface area contributed by atoms with Gasteiger partial charge in [-0.2, -0.15) is 0 Å². The molecule has 2 amide bonds. The number of carbonyl (C=O) groups is 2. The fraction of sp³-hybridized carbons (Fsp3) is 0.286. The Balaban J connectivity index is 2.00. The molecule has 0 unspecified atom stereocenters. The van der Waals surface area contributed by atoms with Gasteiger partial charge < -0.3 is 15.0 Å². The van der Waals surface area contributed by atoms with E-state index in [0.29, 0.717) is 17.9 Å². The van der Waals surface area contributed by atoms with E-state index in [-0.39, 0.29) is 23.0 Å². The number of anilines is 1. The van der Waals surface area contributed by atoms with E-state index in [1.165, 1.54) is 36.3 Å². The zero-order valence-electron chi connectivity index (χ0n) is 21.6. The van der Waals surface area contributed by atoms with Crippen LogP contribution in [0.5, 0.6) is 5.75 Å². The summed E-state index contributed by atoms with van der Waals surface area (Å²) in [5.41, 5.74) is 0.820.